The first-order valence-corrected chi connectivity index (χ1v) is 9.48. The van der Waals surface area contributed by atoms with E-state index in [1.165, 1.54) is 23.8 Å². The second-order valence-electron chi connectivity index (χ2n) is 7.27. The minimum atomic E-state index is -0.958. The van der Waals surface area contributed by atoms with Crippen LogP contribution >= 0.6 is 0 Å². The number of rotatable bonds is 4. The van der Waals surface area contributed by atoms with Crippen LogP contribution in [0.1, 0.15) is 45.1 Å². The summed E-state index contributed by atoms with van der Waals surface area (Å²) in [6, 6.07) is 7.96. The normalized spacial score (nSPS) is 18.3. The predicted octanol–water partition coefficient (Wildman–Crippen LogP) is 3.46. The number of carboxylic acids is 1. The van der Waals surface area contributed by atoms with Crippen LogP contribution in [0.3, 0.4) is 0 Å². The molecule has 0 bridgehead atoms. The number of hydrogen-bond donors (Lipinski definition) is 1. The maximum absolute atomic E-state index is 11.7. The van der Waals surface area contributed by atoms with E-state index in [4.69, 9.17) is 14.2 Å². The zero-order valence-electron chi connectivity index (χ0n) is 16.4. The van der Waals surface area contributed by atoms with Crippen molar-refractivity contribution in [1.29, 1.82) is 0 Å². The van der Waals surface area contributed by atoms with E-state index < -0.39 is 5.97 Å². The summed E-state index contributed by atoms with van der Waals surface area (Å²) in [6.07, 6.45) is 2.70. The van der Waals surface area contributed by atoms with Gasteiger partial charge in [0.2, 0.25) is 0 Å². The molecule has 0 spiro atoms. The van der Waals surface area contributed by atoms with Crippen molar-refractivity contribution in [2.45, 2.75) is 31.8 Å². The van der Waals surface area contributed by atoms with Crippen molar-refractivity contribution in [2.75, 3.05) is 27.9 Å². The summed E-state index contributed by atoms with van der Waals surface area (Å²) in [5.41, 5.74) is 4.94. The van der Waals surface area contributed by atoms with Crippen LogP contribution in [0.15, 0.2) is 24.3 Å². The number of carboxylic acid groups (broad SMARTS) is 1. The highest BCUT2D eigenvalue weighted by molar-refractivity contribution is 5.91. The van der Waals surface area contributed by atoms with Crippen LogP contribution in [0.25, 0.3) is 0 Å². The molecule has 28 heavy (non-hydrogen) atoms. The van der Waals surface area contributed by atoms with Crippen LogP contribution in [-0.2, 0) is 19.4 Å². The SMILES string of the molecule is COc1cc2c(cc1C(=O)O)[C@@H]1CCc3ccc(OC)c(OC)c3CN1CC2. The van der Waals surface area contributed by atoms with Crippen molar-refractivity contribution < 1.29 is 24.1 Å². The van der Waals surface area contributed by atoms with Crippen molar-refractivity contribution in [2.24, 2.45) is 0 Å². The molecule has 2 aromatic rings. The van der Waals surface area contributed by atoms with Gasteiger partial charge in [0.15, 0.2) is 11.5 Å². The fourth-order valence-corrected chi connectivity index (χ4v) is 4.58. The quantitative estimate of drug-likeness (QED) is 0.872. The number of benzene rings is 2. The van der Waals surface area contributed by atoms with E-state index in [2.05, 4.69) is 11.0 Å². The number of ether oxygens (including phenoxy) is 3. The van der Waals surface area contributed by atoms with Gasteiger partial charge in [0.05, 0.1) is 21.3 Å². The highest BCUT2D eigenvalue weighted by Crippen LogP contribution is 2.43. The van der Waals surface area contributed by atoms with E-state index in [-0.39, 0.29) is 11.6 Å². The minimum Gasteiger partial charge on any atom is -0.496 e. The Bertz CT molecular complexity index is 924. The third-order valence-corrected chi connectivity index (χ3v) is 5.95. The molecule has 148 valence electrons. The summed E-state index contributed by atoms with van der Waals surface area (Å²) in [7, 11) is 4.85. The molecule has 1 atom stereocenters. The van der Waals surface area contributed by atoms with Gasteiger partial charge in [-0.15, -0.1) is 0 Å². The Balaban J connectivity index is 1.76. The molecule has 2 aliphatic rings. The number of aromatic carboxylic acids is 1. The fraction of sp³-hybridized carbons (Fsp3) is 0.409. The monoisotopic (exact) mass is 383 g/mol. The smallest absolute Gasteiger partial charge is 0.339 e. The Morgan fingerprint density at radius 2 is 1.82 bits per heavy atom. The van der Waals surface area contributed by atoms with E-state index in [9.17, 15) is 9.90 Å². The number of methoxy groups -OCH3 is 3. The lowest BCUT2D eigenvalue weighted by molar-refractivity contribution is 0.0692. The fourth-order valence-electron chi connectivity index (χ4n) is 4.58. The van der Waals surface area contributed by atoms with Crippen LogP contribution in [0.2, 0.25) is 0 Å². The van der Waals surface area contributed by atoms with Crippen LogP contribution in [-0.4, -0.2) is 43.8 Å². The molecule has 0 unspecified atom stereocenters. The molecular weight excluding hydrogens is 358 g/mol. The molecule has 0 amide bonds. The lowest BCUT2D eigenvalue weighted by atomic mass is 9.88. The molecule has 0 saturated heterocycles. The molecular formula is C22H25NO5. The second-order valence-corrected chi connectivity index (χ2v) is 7.27. The summed E-state index contributed by atoms with van der Waals surface area (Å²) in [5.74, 6) is 1.02. The standard InChI is InChI=1S/C22H25NO5/c1-26-19-7-5-13-4-6-18-15-11-16(22(24)25)20(27-2)10-14(15)8-9-23(18)12-17(13)21(19)28-3/h5,7,10-11,18H,4,6,8-9,12H2,1-3H3,(H,24,25)/t18-/m0/s1. The van der Waals surface area contributed by atoms with Gasteiger partial charge in [-0.25, -0.2) is 4.79 Å². The van der Waals surface area contributed by atoms with Crippen LogP contribution in [0, 0.1) is 0 Å². The third kappa shape index (κ3) is 2.98. The van der Waals surface area contributed by atoms with Gasteiger partial charge in [-0.2, -0.15) is 0 Å². The molecule has 0 saturated carbocycles. The first kappa shape index (κ1) is 18.6. The van der Waals surface area contributed by atoms with E-state index in [1.54, 1.807) is 20.3 Å². The van der Waals surface area contributed by atoms with Gasteiger partial charge >= 0.3 is 5.97 Å². The predicted molar refractivity (Wildman–Crippen MR) is 105 cm³/mol. The molecule has 2 heterocycles. The molecule has 4 rings (SSSR count). The zero-order chi connectivity index (χ0) is 19.8. The van der Waals surface area contributed by atoms with Crippen molar-refractivity contribution in [3.8, 4) is 17.2 Å². The second kappa shape index (κ2) is 7.36. The van der Waals surface area contributed by atoms with Gasteiger partial charge in [0, 0.05) is 24.7 Å². The lowest BCUT2D eigenvalue weighted by Gasteiger charge is -2.36. The summed E-state index contributed by atoms with van der Waals surface area (Å²) < 4.78 is 16.5. The highest BCUT2D eigenvalue weighted by Gasteiger charge is 2.33. The Morgan fingerprint density at radius 1 is 1.04 bits per heavy atom. The average molecular weight is 383 g/mol. The number of carbonyl (C=O) groups is 1. The largest absolute Gasteiger partial charge is 0.496 e. The summed E-state index contributed by atoms with van der Waals surface area (Å²) in [5, 5.41) is 9.59. The molecule has 0 fully saturated rings. The van der Waals surface area contributed by atoms with Crippen LogP contribution in [0.5, 0.6) is 17.2 Å². The van der Waals surface area contributed by atoms with E-state index >= 15 is 0 Å². The number of aryl methyl sites for hydroxylation is 1. The number of hydrogen-bond acceptors (Lipinski definition) is 5. The number of nitrogens with zero attached hydrogens (tertiary/aromatic N) is 1. The molecule has 0 aliphatic carbocycles. The maximum Gasteiger partial charge on any atom is 0.339 e. The van der Waals surface area contributed by atoms with Gasteiger partial charge in [-0.3, -0.25) is 4.90 Å². The third-order valence-electron chi connectivity index (χ3n) is 5.95. The minimum absolute atomic E-state index is 0.177. The van der Waals surface area contributed by atoms with Gasteiger partial charge < -0.3 is 19.3 Å². The molecule has 0 aromatic heterocycles. The van der Waals surface area contributed by atoms with Gasteiger partial charge in [-0.05, 0) is 54.2 Å². The average Bonchev–Trinajstić information content (AvgIpc) is 2.91. The first-order valence-electron chi connectivity index (χ1n) is 9.48. The molecule has 0 radical (unpaired) electrons. The van der Waals surface area contributed by atoms with Crippen molar-refractivity contribution in [1.82, 2.24) is 4.90 Å². The maximum atomic E-state index is 11.7. The Labute approximate surface area is 164 Å². The topological polar surface area (TPSA) is 68.2 Å². The lowest BCUT2D eigenvalue weighted by Crippen LogP contribution is -2.34. The molecule has 6 nitrogen and oxygen atoms in total. The molecule has 1 N–H and O–H groups in total. The Morgan fingerprint density at radius 3 is 2.50 bits per heavy atom. The van der Waals surface area contributed by atoms with Crippen LogP contribution in [0.4, 0.5) is 0 Å². The van der Waals surface area contributed by atoms with Gasteiger partial charge in [-0.1, -0.05) is 6.07 Å². The Hall–Kier alpha value is -2.73. The van der Waals surface area contributed by atoms with E-state index in [1.807, 2.05) is 12.1 Å². The molecule has 6 heteroatoms. The van der Waals surface area contributed by atoms with Crippen molar-refractivity contribution >= 4 is 5.97 Å². The zero-order valence-corrected chi connectivity index (χ0v) is 16.4. The summed E-state index contributed by atoms with van der Waals surface area (Å²) in [6.45, 7) is 1.67. The first-order chi connectivity index (χ1) is 13.6. The van der Waals surface area contributed by atoms with E-state index in [0.717, 1.165) is 49.4 Å². The molecule has 2 aromatic carbocycles. The van der Waals surface area contributed by atoms with Gasteiger partial charge in [0.1, 0.15) is 11.3 Å². The summed E-state index contributed by atoms with van der Waals surface area (Å²) >= 11 is 0. The van der Waals surface area contributed by atoms with Crippen molar-refractivity contribution in [3.05, 3.63) is 52.1 Å². The molecule has 2 aliphatic heterocycles. The Kier molecular flexibility index (Phi) is 4.89. The highest BCUT2D eigenvalue weighted by atomic mass is 16.5. The van der Waals surface area contributed by atoms with Gasteiger partial charge in [0.25, 0.3) is 0 Å². The summed E-state index contributed by atoms with van der Waals surface area (Å²) in [4.78, 5) is 14.1. The number of fused-ring (bicyclic) bond motifs is 4. The van der Waals surface area contributed by atoms with E-state index in [0.29, 0.717) is 5.75 Å². The van der Waals surface area contributed by atoms with Crippen LogP contribution < -0.4 is 14.2 Å². The van der Waals surface area contributed by atoms with Crippen molar-refractivity contribution in [3.63, 3.8) is 0 Å².